The monoisotopic (exact) mass is 234 g/mol. The van der Waals surface area contributed by atoms with Crippen molar-refractivity contribution in [3.8, 4) is 11.4 Å². The molecule has 1 aromatic heterocycles. The van der Waals surface area contributed by atoms with E-state index in [9.17, 15) is 4.39 Å². The van der Waals surface area contributed by atoms with E-state index in [0.29, 0.717) is 17.4 Å². The third-order valence-electron chi connectivity index (χ3n) is 2.29. The molecule has 0 bridgehead atoms. The lowest BCUT2D eigenvalue weighted by Crippen LogP contribution is -2.09. The predicted octanol–water partition coefficient (Wildman–Crippen LogP) is 2.76. The van der Waals surface area contributed by atoms with E-state index in [2.05, 4.69) is 20.5 Å². The minimum Gasteiger partial charge on any atom is -0.383 e. The first kappa shape index (κ1) is 11.6. The third-order valence-corrected chi connectivity index (χ3v) is 2.29. The van der Waals surface area contributed by atoms with Crippen LogP contribution < -0.4 is 5.32 Å². The Morgan fingerprint density at radius 3 is 2.76 bits per heavy atom. The third kappa shape index (κ3) is 2.81. The fourth-order valence-corrected chi connectivity index (χ4v) is 1.67. The van der Waals surface area contributed by atoms with Crippen LogP contribution in [0.5, 0.6) is 0 Å². The molecular formula is C12H15FN4. The quantitative estimate of drug-likeness (QED) is 0.855. The Bertz CT molecular complexity index is 479. The zero-order chi connectivity index (χ0) is 12.3. The highest BCUT2D eigenvalue weighted by Crippen LogP contribution is 2.23. The second-order valence-corrected chi connectivity index (χ2v) is 4.19. The first-order chi connectivity index (χ1) is 8.19. The van der Waals surface area contributed by atoms with E-state index in [-0.39, 0.29) is 0 Å². The van der Waals surface area contributed by atoms with Crippen molar-refractivity contribution >= 4 is 5.69 Å². The van der Waals surface area contributed by atoms with Crippen LogP contribution in [0.2, 0.25) is 0 Å². The van der Waals surface area contributed by atoms with Crippen LogP contribution in [0.3, 0.4) is 0 Å². The number of alkyl halides is 1. The van der Waals surface area contributed by atoms with E-state index in [1.54, 1.807) is 12.1 Å². The van der Waals surface area contributed by atoms with E-state index in [1.165, 1.54) is 6.33 Å². The van der Waals surface area contributed by atoms with E-state index in [4.69, 9.17) is 0 Å². The number of aromatic nitrogens is 3. The Hall–Kier alpha value is -1.91. The zero-order valence-corrected chi connectivity index (χ0v) is 9.87. The smallest absolute Gasteiger partial charge is 0.155 e. The largest absolute Gasteiger partial charge is 0.383 e. The molecule has 0 amide bonds. The van der Waals surface area contributed by atoms with E-state index >= 15 is 0 Å². The number of halogens is 1. The molecule has 2 aromatic rings. The zero-order valence-electron chi connectivity index (χ0n) is 9.87. The molecule has 0 fully saturated rings. The van der Waals surface area contributed by atoms with Crippen LogP contribution in [0.25, 0.3) is 11.4 Å². The van der Waals surface area contributed by atoms with E-state index < -0.39 is 6.67 Å². The van der Waals surface area contributed by atoms with Crippen LogP contribution in [0, 0.1) is 0 Å². The topological polar surface area (TPSA) is 53.6 Å². The van der Waals surface area contributed by atoms with Crippen LogP contribution in [0.4, 0.5) is 10.1 Å². The molecule has 1 heterocycles. The highest BCUT2D eigenvalue weighted by atomic mass is 19.1. The minimum absolute atomic E-state index is 0.299. The molecule has 1 aromatic carbocycles. The number of nitrogens with one attached hydrogen (secondary N) is 2. The van der Waals surface area contributed by atoms with Crippen LogP contribution in [-0.2, 0) is 6.67 Å². The Kier molecular flexibility index (Phi) is 3.37. The summed E-state index contributed by atoms with van der Waals surface area (Å²) in [5.41, 5.74) is 2.35. The average Bonchev–Trinajstić information content (AvgIpc) is 2.81. The molecule has 90 valence electrons. The van der Waals surface area contributed by atoms with Crippen molar-refractivity contribution in [3.63, 3.8) is 0 Å². The summed E-state index contributed by atoms with van der Waals surface area (Å²) in [6.45, 7) is 3.58. The van der Waals surface area contributed by atoms with Gasteiger partial charge in [0.15, 0.2) is 5.82 Å². The number of rotatable bonds is 4. The van der Waals surface area contributed by atoms with E-state index in [0.717, 1.165) is 11.3 Å². The normalized spacial score (nSPS) is 10.8. The summed E-state index contributed by atoms with van der Waals surface area (Å²) in [7, 11) is 0. The molecule has 0 aliphatic heterocycles. The number of anilines is 1. The van der Waals surface area contributed by atoms with Gasteiger partial charge < -0.3 is 5.32 Å². The van der Waals surface area contributed by atoms with Gasteiger partial charge in [0, 0.05) is 17.3 Å². The number of nitrogens with zero attached hydrogens (tertiary/aromatic N) is 2. The van der Waals surface area contributed by atoms with Crippen molar-refractivity contribution in [3.05, 3.63) is 30.1 Å². The van der Waals surface area contributed by atoms with Gasteiger partial charge in [-0.1, -0.05) is 0 Å². The summed E-state index contributed by atoms with van der Waals surface area (Å²) >= 11 is 0. The lowest BCUT2D eigenvalue weighted by molar-refractivity contribution is 0.485. The van der Waals surface area contributed by atoms with Gasteiger partial charge >= 0.3 is 0 Å². The fraction of sp³-hybridized carbons (Fsp3) is 0.333. The summed E-state index contributed by atoms with van der Waals surface area (Å²) < 4.78 is 12.8. The van der Waals surface area contributed by atoms with Gasteiger partial charge in [0.2, 0.25) is 0 Å². The number of H-pyrrole nitrogens is 1. The minimum atomic E-state index is -0.491. The van der Waals surface area contributed by atoms with Gasteiger partial charge in [-0.3, -0.25) is 5.10 Å². The first-order valence-electron chi connectivity index (χ1n) is 5.51. The van der Waals surface area contributed by atoms with Gasteiger partial charge in [-0.2, -0.15) is 5.10 Å². The van der Waals surface area contributed by atoms with Crippen molar-refractivity contribution in [2.75, 3.05) is 5.32 Å². The number of hydrogen-bond donors (Lipinski definition) is 2. The second-order valence-electron chi connectivity index (χ2n) is 4.19. The molecule has 0 spiro atoms. The van der Waals surface area contributed by atoms with Crippen LogP contribution in [0.15, 0.2) is 24.5 Å². The maximum absolute atomic E-state index is 12.8. The van der Waals surface area contributed by atoms with Crippen LogP contribution in [-0.4, -0.2) is 21.2 Å². The van der Waals surface area contributed by atoms with Crippen molar-refractivity contribution < 1.29 is 4.39 Å². The summed E-state index contributed by atoms with van der Waals surface area (Å²) in [5, 5.41) is 9.82. The second kappa shape index (κ2) is 4.95. The van der Waals surface area contributed by atoms with Gasteiger partial charge in [0.05, 0.1) is 0 Å². The molecule has 0 aliphatic carbocycles. The molecule has 0 saturated heterocycles. The summed E-state index contributed by atoms with van der Waals surface area (Å²) in [5.74, 6) is 0.645. The van der Waals surface area contributed by atoms with Gasteiger partial charge in [-0.25, -0.2) is 9.37 Å². The Balaban J connectivity index is 2.38. The standard InChI is InChI=1S/C12H15FN4/c1-8(2)16-11-4-9(6-13)3-10(5-11)12-14-7-15-17-12/h3-5,7-8,16H,6H2,1-2H3,(H,14,15,17). The van der Waals surface area contributed by atoms with Crippen LogP contribution in [0.1, 0.15) is 19.4 Å². The summed E-state index contributed by atoms with van der Waals surface area (Å²) in [6, 6.07) is 5.80. The molecule has 0 saturated carbocycles. The van der Waals surface area contributed by atoms with E-state index in [1.807, 2.05) is 19.9 Å². The Morgan fingerprint density at radius 2 is 2.18 bits per heavy atom. The van der Waals surface area contributed by atoms with Gasteiger partial charge in [-0.15, -0.1) is 0 Å². The van der Waals surface area contributed by atoms with Gasteiger partial charge in [0.1, 0.15) is 13.0 Å². The van der Waals surface area contributed by atoms with Crippen molar-refractivity contribution in [1.82, 2.24) is 15.2 Å². The molecule has 17 heavy (non-hydrogen) atoms. The number of hydrogen-bond acceptors (Lipinski definition) is 3. The first-order valence-corrected chi connectivity index (χ1v) is 5.51. The van der Waals surface area contributed by atoms with Crippen molar-refractivity contribution in [1.29, 1.82) is 0 Å². The highest BCUT2D eigenvalue weighted by Gasteiger charge is 2.06. The predicted molar refractivity (Wildman–Crippen MR) is 65.4 cm³/mol. The molecular weight excluding hydrogens is 219 g/mol. The molecule has 0 unspecified atom stereocenters. The molecule has 0 radical (unpaired) electrons. The molecule has 2 rings (SSSR count). The van der Waals surface area contributed by atoms with Crippen molar-refractivity contribution in [2.24, 2.45) is 0 Å². The molecule has 0 atom stereocenters. The molecule has 0 aliphatic rings. The molecule has 5 heteroatoms. The Labute approximate surface area is 99.3 Å². The summed E-state index contributed by atoms with van der Waals surface area (Å²) in [6.07, 6.45) is 1.44. The Morgan fingerprint density at radius 1 is 1.35 bits per heavy atom. The lowest BCUT2D eigenvalue weighted by atomic mass is 10.1. The summed E-state index contributed by atoms with van der Waals surface area (Å²) in [4.78, 5) is 4.07. The van der Waals surface area contributed by atoms with Crippen molar-refractivity contribution in [2.45, 2.75) is 26.6 Å². The SMILES string of the molecule is CC(C)Nc1cc(CF)cc(-c2ncn[nH]2)c1. The number of aromatic amines is 1. The maximum Gasteiger partial charge on any atom is 0.155 e. The average molecular weight is 234 g/mol. The molecule has 2 N–H and O–H groups in total. The molecule has 4 nitrogen and oxygen atoms in total. The lowest BCUT2D eigenvalue weighted by Gasteiger charge is -2.12. The number of benzene rings is 1. The maximum atomic E-state index is 12.8. The fourth-order valence-electron chi connectivity index (χ4n) is 1.67. The van der Waals surface area contributed by atoms with Crippen LogP contribution >= 0.6 is 0 Å². The van der Waals surface area contributed by atoms with Gasteiger partial charge in [-0.05, 0) is 37.6 Å². The van der Waals surface area contributed by atoms with Gasteiger partial charge in [0.25, 0.3) is 0 Å². The highest BCUT2D eigenvalue weighted by molar-refractivity contribution is 5.64.